The summed E-state index contributed by atoms with van der Waals surface area (Å²) in [6, 6.07) is 6.51. The number of carbonyl (C=O) groups excluding carboxylic acids is 2. The Morgan fingerprint density at radius 3 is 2.22 bits per heavy atom. The number of allylic oxidation sites excluding steroid dienone is 2. The maximum Gasteiger partial charge on any atom is 0.306 e. The Kier molecular flexibility index (Phi) is 14.5. The molecule has 0 radical (unpaired) electrons. The average Bonchev–Trinajstić information content (AvgIpc) is 3.67. The first kappa shape index (κ1) is 46.7. The molecule has 0 amide bonds. The lowest BCUT2D eigenvalue weighted by atomic mass is 9.66. The van der Waals surface area contributed by atoms with Crippen LogP contribution in [0.15, 0.2) is 29.8 Å². The molecule has 0 aromatic heterocycles. The Balaban J connectivity index is 1.13. The molecule has 8 rings (SSSR count). The van der Waals surface area contributed by atoms with Gasteiger partial charge in [-0.2, -0.15) is 0 Å². The predicted octanol–water partition coefficient (Wildman–Crippen LogP) is 6.21. The third kappa shape index (κ3) is 8.81. The lowest BCUT2D eigenvalue weighted by Gasteiger charge is -2.44. The lowest BCUT2D eigenvalue weighted by Crippen LogP contribution is -2.59. The first-order chi connectivity index (χ1) is 30.4. The molecule has 7 aliphatic rings. The first-order valence-corrected chi connectivity index (χ1v) is 23.7. The molecular weight excluding hydrogens is 809 g/mol. The Hall–Kier alpha value is -2.82. The van der Waals surface area contributed by atoms with Crippen molar-refractivity contribution < 1.29 is 57.0 Å². The van der Waals surface area contributed by atoms with E-state index in [0.29, 0.717) is 24.0 Å². The van der Waals surface area contributed by atoms with Crippen LogP contribution in [0.3, 0.4) is 0 Å². The maximum absolute atomic E-state index is 15.3. The Morgan fingerprint density at radius 2 is 1.56 bits per heavy atom. The minimum absolute atomic E-state index is 0.00637. The number of hydrogen-bond donors (Lipinski definition) is 0. The van der Waals surface area contributed by atoms with E-state index in [1.165, 1.54) is 0 Å². The van der Waals surface area contributed by atoms with Crippen molar-refractivity contribution in [2.75, 3.05) is 54.5 Å². The van der Waals surface area contributed by atoms with Crippen LogP contribution in [0.25, 0.3) is 0 Å². The van der Waals surface area contributed by atoms with Gasteiger partial charge in [0.2, 0.25) is 0 Å². The van der Waals surface area contributed by atoms with Crippen molar-refractivity contribution in [1.82, 2.24) is 4.90 Å². The number of fused-ring (bicyclic) bond motifs is 8. The number of rotatable bonds is 12. The smallest absolute Gasteiger partial charge is 0.306 e. The molecule has 0 N–H and O–H groups in total. The number of anilines is 1. The normalized spacial score (nSPS) is 42.8. The molecule has 4 heterocycles. The summed E-state index contributed by atoms with van der Waals surface area (Å²) in [5, 5.41) is 0. The molecule has 0 bridgehead atoms. The van der Waals surface area contributed by atoms with E-state index in [9.17, 15) is 4.79 Å². The van der Waals surface area contributed by atoms with E-state index >= 15 is 4.79 Å². The van der Waals surface area contributed by atoms with Gasteiger partial charge < -0.3 is 57.2 Å². The summed E-state index contributed by atoms with van der Waals surface area (Å²) in [6.07, 6.45) is 5.43. The quantitative estimate of drug-likeness (QED) is 0.174. The monoisotopic (exact) mass is 883 g/mol. The van der Waals surface area contributed by atoms with Crippen LogP contribution < -0.4 is 14.4 Å². The van der Waals surface area contributed by atoms with Gasteiger partial charge in [0.25, 0.3) is 0 Å². The zero-order valence-corrected chi connectivity index (χ0v) is 39.4. The van der Waals surface area contributed by atoms with Crippen LogP contribution in [0.5, 0.6) is 11.5 Å². The number of nitrogens with zero attached hydrogens (tertiary/aromatic N) is 2. The number of ketones is 1. The van der Waals surface area contributed by atoms with Gasteiger partial charge in [-0.1, -0.05) is 26.0 Å². The van der Waals surface area contributed by atoms with E-state index in [2.05, 4.69) is 49.9 Å². The molecule has 4 aliphatic heterocycles. The van der Waals surface area contributed by atoms with Crippen molar-refractivity contribution in [1.29, 1.82) is 0 Å². The molecule has 3 aliphatic carbocycles. The number of carbonyl (C=O) groups is 2. The fourth-order valence-electron chi connectivity index (χ4n) is 13.0. The number of ether oxygens (including phenoxy) is 10. The highest BCUT2D eigenvalue weighted by atomic mass is 16.7. The van der Waals surface area contributed by atoms with Crippen molar-refractivity contribution in [3.8, 4) is 11.5 Å². The van der Waals surface area contributed by atoms with Gasteiger partial charge >= 0.3 is 5.97 Å². The van der Waals surface area contributed by atoms with Crippen LogP contribution in [0.4, 0.5) is 5.69 Å². The van der Waals surface area contributed by atoms with Crippen LogP contribution in [0, 0.1) is 35.5 Å². The minimum atomic E-state index is -0.658. The molecule has 1 aromatic carbocycles. The highest BCUT2D eigenvalue weighted by molar-refractivity contribution is 5.99. The number of likely N-dealkylation sites (N-methyl/N-ethyl adjacent to an activating group) is 1. The van der Waals surface area contributed by atoms with Gasteiger partial charge in [0.1, 0.15) is 24.4 Å². The van der Waals surface area contributed by atoms with Crippen LogP contribution >= 0.6 is 0 Å². The maximum atomic E-state index is 15.3. The summed E-state index contributed by atoms with van der Waals surface area (Å²) in [6.45, 7) is 8.19. The summed E-state index contributed by atoms with van der Waals surface area (Å²) in [7, 11) is 12.5. The van der Waals surface area contributed by atoms with Crippen molar-refractivity contribution in [2.24, 2.45) is 35.5 Å². The van der Waals surface area contributed by atoms with Gasteiger partial charge in [-0.15, -0.1) is 0 Å². The molecule has 352 valence electrons. The number of para-hydroxylation sites is 1. The summed E-state index contributed by atoms with van der Waals surface area (Å²) >= 11 is 0. The number of cyclic esters (lactones) is 1. The van der Waals surface area contributed by atoms with E-state index in [1.54, 1.807) is 35.5 Å². The number of hydrogen-bond acceptors (Lipinski definition) is 14. The second-order valence-corrected chi connectivity index (χ2v) is 19.5. The number of esters is 1. The standard InChI is InChI=1S/C49H74N2O12/c1-12-28-15-13-17-37(63-40-20-19-35(50(5)6)26(3)59-40)25(2)44(53)34-23-31-30-21-29(62-49-48(58-11)47(57-10)45(55-8)27(4)60-49)22-33(30)42-43(41(31)32(34)24-39(52)61-28)51(42)36-16-14-18-38(54-7)46(36)56-9/h14,16,18,23,25-33,35,37,40-43,45,47-49H,12-13,15,17,19-22,24H2,1-11H3/t25-,26?,27?,28+,29+,30+,31+,32-,33-,35+,37+,40+,41-,42+,43-,45+,47?,48+,49+,51?/m1/s1. The van der Waals surface area contributed by atoms with Gasteiger partial charge in [0.05, 0.1) is 62.8 Å². The second kappa shape index (κ2) is 19.6. The molecule has 4 saturated heterocycles. The van der Waals surface area contributed by atoms with Gasteiger partial charge in [-0.3, -0.25) is 9.59 Å². The third-order valence-corrected chi connectivity index (χ3v) is 16.1. The highest BCUT2D eigenvalue weighted by Gasteiger charge is 2.69. The SMILES string of the molecule is CC[C@H]1CCC[C@H](O[C@H]2CC[C@H](N(C)C)C(C)O2)[C@@H](C)C(=O)C2=C[C@H]3[C@@H]4C[C@H](O[C@@H]5OC(C)[C@H](OC)C(OC)[C@@H]5OC)C[C@H]4[C@H]4[C@@H]([C@H]3[C@@H]2CC(=O)O1)N4c1cccc(OC)c1OC. The topological polar surface area (TPSA) is 133 Å². The van der Waals surface area contributed by atoms with Crippen molar-refractivity contribution >= 4 is 17.4 Å². The van der Waals surface area contributed by atoms with Crippen molar-refractivity contribution in [3.05, 3.63) is 29.8 Å². The molecule has 0 spiro atoms. The lowest BCUT2D eigenvalue weighted by molar-refractivity contribution is -0.314. The third-order valence-electron chi connectivity index (χ3n) is 16.1. The largest absolute Gasteiger partial charge is 0.493 e. The highest BCUT2D eigenvalue weighted by Crippen LogP contribution is 2.66. The Morgan fingerprint density at radius 1 is 0.810 bits per heavy atom. The Bertz CT molecular complexity index is 1790. The molecule has 1 aromatic rings. The second-order valence-electron chi connectivity index (χ2n) is 19.5. The van der Waals surface area contributed by atoms with Crippen LogP contribution in [0.2, 0.25) is 0 Å². The van der Waals surface area contributed by atoms with Crippen LogP contribution in [-0.2, 0) is 47.5 Å². The predicted molar refractivity (Wildman–Crippen MR) is 235 cm³/mol. The molecule has 14 nitrogen and oxygen atoms in total. The summed E-state index contributed by atoms with van der Waals surface area (Å²) in [4.78, 5) is 34.1. The molecular formula is C49H74N2O12. The molecule has 19 atom stereocenters. The number of benzene rings is 1. The van der Waals surface area contributed by atoms with Crippen LogP contribution in [-0.4, -0.2) is 146 Å². The van der Waals surface area contributed by atoms with Crippen LogP contribution in [0.1, 0.15) is 85.5 Å². The molecule has 2 saturated carbocycles. The van der Waals surface area contributed by atoms with Crippen molar-refractivity contribution in [2.45, 2.75) is 165 Å². The van der Waals surface area contributed by atoms with Crippen molar-refractivity contribution in [3.63, 3.8) is 0 Å². The molecule has 6 fully saturated rings. The van der Waals surface area contributed by atoms with E-state index in [1.807, 2.05) is 26.0 Å². The fraction of sp³-hybridized carbons (Fsp3) is 0.796. The van der Waals surface area contributed by atoms with E-state index in [0.717, 1.165) is 56.2 Å². The first-order valence-electron chi connectivity index (χ1n) is 23.7. The zero-order valence-electron chi connectivity index (χ0n) is 39.4. The Labute approximate surface area is 374 Å². The molecule has 63 heavy (non-hydrogen) atoms. The van der Waals surface area contributed by atoms with E-state index in [4.69, 9.17) is 47.4 Å². The summed E-state index contributed by atoms with van der Waals surface area (Å²) in [5.74, 6) is 0.829. The average molecular weight is 883 g/mol. The van der Waals surface area contributed by atoms with Gasteiger partial charge in [0.15, 0.2) is 29.9 Å². The summed E-state index contributed by atoms with van der Waals surface area (Å²) < 4.78 is 62.6. The minimum Gasteiger partial charge on any atom is -0.493 e. The van der Waals surface area contributed by atoms with E-state index in [-0.39, 0.29) is 109 Å². The fourth-order valence-corrected chi connectivity index (χ4v) is 13.0. The number of Topliss-reactive ketones (excluding diaryl/α,β-unsaturated/α-hetero) is 1. The molecule has 3 unspecified atom stereocenters. The van der Waals surface area contributed by atoms with Gasteiger partial charge in [-0.25, -0.2) is 0 Å². The van der Waals surface area contributed by atoms with E-state index < -0.39 is 18.3 Å². The van der Waals surface area contributed by atoms with Gasteiger partial charge in [-0.05, 0) is 121 Å². The summed E-state index contributed by atoms with van der Waals surface area (Å²) in [5.41, 5.74) is 1.70. The number of methoxy groups -OCH3 is 5. The van der Waals surface area contributed by atoms with Gasteiger partial charge in [0, 0.05) is 39.2 Å². The molecule has 14 heteroatoms. The zero-order chi connectivity index (χ0) is 44.9.